The zero-order valence-electron chi connectivity index (χ0n) is 13.5. The summed E-state index contributed by atoms with van der Waals surface area (Å²) in [5, 5.41) is 12.0. The Bertz CT molecular complexity index is 631. The van der Waals surface area contributed by atoms with Gasteiger partial charge in [0.25, 0.3) is 12.6 Å². The van der Waals surface area contributed by atoms with E-state index in [1.807, 2.05) is 0 Å². The van der Waals surface area contributed by atoms with Crippen molar-refractivity contribution in [2.75, 3.05) is 19.6 Å². The van der Waals surface area contributed by atoms with Gasteiger partial charge in [-0.25, -0.2) is 9.65 Å². The Morgan fingerprint density at radius 3 is 2.71 bits per heavy atom. The number of nitrogens with one attached hydrogen (secondary N) is 1. The average molecular weight is 348 g/mol. The van der Waals surface area contributed by atoms with Gasteiger partial charge in [0.05, 0.1) is 0 Å². The van der Waals surface area contributed by atoms with Gasteiger partial charge in [-0.1, -0.05) is 11.6 Å². The second kappa shape index (κ2) is 7.54. The van der Waals surface area contributed by atoms with Crippen LogP contribution in [0, 0.1) is 23.0 Å². The van der Waals surface area contributed by atoms with Crippen molar-refractivity contribution in [1.29, 1.82) is 5.26 Å². The number of hydrogen-bond donors (Lipinski definition) is 1. The summed E-state index contributed by atoms with van der Waals surface area (Å²) in [6.07, 6.45) is 4.08. The molecule has 2 heterocycles. The third-order valence-electron chi connectivity index (χ3n) is 5.14. The van der Waals surface area contributed by atoms with Crippen LogP contribution in [0.1, 0.15) is 23.2 Å². The molecule has 1 amide bonds. The highest BCUT2D eigenvalue weighted by atomic mass is 35.5. The van der Waals surface area contributed by atoms with E-state index < -0.39 is 5.82 Å². The number of rotatable bonds is 4. The van der Waals surface area contributed by atoms with Gasteiger partial charge in [0, 0.05) is 23.1 Å². The maximum absolute atomic E-state index is 13.3. The Hall–Kier alpha value is -1.58. The molecule has 0 atom stereocenters. The first-order chi connectivity index (χ1) is 11.5. The first kappa shape index (κ1) is 17.3. The van der Waals surface area contributed by atoms with Gasteiger partial charge < -0.3 is 10.2 Å². The summed E-state index contributed by atoms with van der Waals surface area (Å²) in [7, 11) is 0. The van der Waals surface area contributed by atoms with E-state index in [2.05, 4.69) is 16.2 Å². The smallest absolute Gasteiger partial charge is 0.270 e. The van der Waals surface area contributed by atoms with E-state index in [1.54, 1.807) is 0 Å². The number of nitrogens with zero attached hydrogens (tertiary/aromatic N) is 2. The summed E-state index contributed by atoms with van der Waals surface area (Å²) in [6.45, 7) is 2.89. The summed E-state index contributed by atoms with van der Waals surface area (Å²) in [6, 6.07) is 4.43. The van der Waals surface area contributed by atoms with Crippen LogP contribution >= 0.6 is 11.6 Å². The lowest BCUT2D eigenvalue weighted by molar-refractivity contribution is 0.0926. The fourth-order valence-corrected chi connectivity index (χ4v) is 3.76. The van der Waals surface area contributed by atoms with Crippen LogP contribution in [0.15, 0.2) is 18.2 Å². The monoisotopic (exact) mass is 347 g/mol. The molecule has 2 fully saturated rings. The Morgan fingerprint density at radius 2 is 2.08 bits per heavy atom. The lowest BCUT2D eigenvalue weighted by Gasteiger charge is -2.42. The van der Waals surface area contributed by atoms with Crippen molar-refractivity contribution in [2.24, 2.45) is 5.92 Å². The third kappa shape index (κ3) is 4.09. The molecule has 0 radical (unpaired) electrons. The minimum Gasteiger partial charge on any atom is -0.352 e. The van der Waals surface area contributed by atoms with Gasteiger partial charge >= 0.3 is 0 Å². The molecule has 0 saturated carbocycles. The van der Waals surface area contributed by atoms with Gasteiger partial charge in [-0.15, -0.1) is 0 Å². The van der Waals surface area contributed by atoms with Crippen molar-refractivity contribution in [3.05, 3.63) is 34.6 Å². The number of benzene rings is 1. The van der Waals surface area contributed by atoms with E-state index in [9.17, 15) is 9.18 Å². The first-order valence-electron chi connectivity index (χ1n) is 8.43. The molecule has 2 saturated heterocycles. The Balaban J connectivity index is 1.42. The van der Waals surface area contributed by atoms with Crippen molar-refractivity contribution >= 4 is 24.2 Å². The van der Waals surface area contributed by atoms with Crippen LogP contribution in [0.4, 0.5) is 4.39 Å². The number of carbonyl (C=O) groups excluding carboxylic acids is 1. The molecule has 0 spiro atoms. The molecule has 4 nitrogen and oxygen atoms in total. The van der Waals surface area contributed by atoms with E-state index in [4.69, 9.17) is 16.9 Å². The van der Waals surface area contributed by atoms with E-state index in [0.29, 0.717) is 18.5 Å². The molecule has 7 heteroatoms. The molecule has 1 aromatic carbocycles. The summed E-state index contributed by atoms with van der Waals surface area (Å²) >= 11 is 5.78. The second-order valence-electron chi connectivity index (χ2n) is 6.80. The average Bonchev–Trinajstić information content (AvgIpc) is 2.52. The number of halogens is 2. The Morgan fingerprint density at radius 1 is 1.38 bits per heavy atom. The molecule has 126 valence electrons. The van der Waals surface area contributed by atoms with E-state index in [-0.39, 0.29) is 23.2 Å². The SMILES string of the molecule is N#CB1CC(N2CCC(CNC(=O)c3cc(F)cc(Cl)c3)CC2)C1. The van der Waals surface area contributed by atoms with E-state index in [0.717, 1.165) is 38.6 Å². The zero-order valence-corrected chi connectivity index (χ0v) is 14.2. The minimum absolute atomic E-state index is 0.227. The van der Waals surface area contributed by atoms with Gasteiger partial charge in [-0.05, 0) is 68.7 Å². The van der Waals surface area contributed by atoms with E-state index in [1.165, 1.54) is 18.2 Å². The first-order valence-corrected chi connectivity index (χ1v) is 8.81. The van der Waals surface area contributed by atoms with Crippen LogP contribution in [0.5, 0.6) is 0 Å². The predicted octanol–water partition coefficient (Wildman–Crippen LogP) is 2.86. The Labute approximate surface area is 147 Å². The van der Waals surface area contributed by atoms with E-state index >= 15 is 0 Å². The second-order valence-corrected chi connectivity index (χ2v) is 7.24. The van der Waals surface area contributed by atoms with Crippen LogP contribution < -0.4 is 5.32 Å². The van der Waals surface area contributed by atoms with Crippen molar-refractivity contribution in [3.8, 4) is 5.97 Å². The van der Waals surface area contributed by atoms with Crippen molar-refractivity contribution in [3.63, 3.8) is 0 Å². The molecular formula is C17H20BClFN3O. The van der Waals surface area contributed by atoms with Crippen molar-refractivity contribution in [1.82, 2.24) is 10.2 Å². The standard InChI is InChI=1S/C17H20BClFN3O/c19-14-5-13(6-15(20)7-14)17(24)22-10-12-1-3-23(4-2-12)16-8-18(9-16)11-21/h5-7,12,16H,1-4,8-10H2,(H,22,24). The highest BCUT2D eigenvalue weighted by molar-refractivity contribution is 6.70. The highest BCUT2D eigenvalue weighted by Gasteiger charge is 2.38. The van der Waals surface area contributed by atoms with Crippen LogP contribution in [-0.4, -0.2) is 43.2 Å². The quantitative estimate of drug-likeness (QED) is 0.852. The summed E-state index contributed by atoms with van der Waals surface area (Å²) < 4.78 is 13.3. The molecule has 2 aliphatic rings. The topological polar surface area (TPSA) is 56.1 Å². The number of hydrogen-bond acceptors (Lipinski definition) is 3. The van der Waals surface area contributed by atoms with Crippen LogP contribution in [-0.2, 0) is 0 Å². The molecule has 1 N–H and O–H groups in total. The molecule has 1 aromatic rings. The molecule has 0 aliphatic carbocycles. The largest absolute Gasteiger partial charge is 0.352 e. The van der Waals surface area contributed by atoms with Gasteiger partial charge in [-0.3, -0.25) is 4.79 Å². The molecule has 0 unspecified atom stereocenters. The molecule has 3 rings (SSSR count). The summed E-state index contributed by atoms with van der Waals surface area (Å²) in [5.74, 6) is 1.99. The maximum atomic E-state index is 13.3. The number of nitriles is 1. The third-order valence-corrected chi connectivity index (χ3v) is 5.36. The number of amides is 1. The fourth-order valence-electron chi connectivity index (χ4n) is 3.54. The molecule has 0 aromatic heterocycles. The highest BCUT2D eigenvalue weighted by Crippen LogP contribution is 2.30. The fraction of sp³-hybridized carbons (Fsp3) is 0.529. The predicted molar refractivity (Wildman–Crippen MR) is 92.8 cm³/mol. The normalized spacial score (nSPS) is 19.6. The summed E-state index contributed by atoms with van der Waals surface area (Å²) in [5.41, 5.74) is 0.259. The van der Waals surface area contributed by atoms with Crippen molar-refractivity contribution in [2.45, 2.75) is 31.5 Å². The number of carbonyl (C=O) groups is 1. The van der Waals surface area contributed by atoms with Gasteiger partial charge in [0.2, 0.25) is 0 Å². The van der Waals surface area contributed by atoms with Crippen molar-refractivity contribution < 1.29 is 9.18 Å². The lowest BCUT2D eigenvalue weighted by Crippen LogP contribution is -2.51. The zero-order chi connectivity index (χ0) is 17.1. The minimum atomic E-state index is -0.503. The van der Waals surface area contributed by atoms with Crippen LogP contribution in [0.2, 0.25) is 17.7 Å². The van der Waals surface area contributed by atoms with Crippen LogP contribution in [0.25, 0.3) is 0 Å². The maximum Gasteiger partial charge on any atom is 0.270 e. The van der Waals surface area contributed by atoms with Crippen LogP contribution in [0.3, 0.4) is 0 Å². The van der Waals surface area contributed by atoms with Gasteiger partial charge in [0.1, 0.15) is 5.82 Å². The molecule has 24 heavy (non-hydrogen) atoms. The summed E-state index contributed by atoms with van der Waals surface area (Å²) in [4.78, 5) is 14.6. The number of piperidine rings is 1. The van der Waals surface area contributed by atoms with Gasteiger partial charge in [0.15, 0.2) is 0 Å². The lowest BCUT2D eigenvalue weighted by atomic mass is 9.34. The number of likely N-dealkylation sites (tertiary alicyclic amines) is 1. The van der Waals surface area contributed by atoms with Gasteiger partial charge in [-0.2, -0.15) is 0 Å². The molecule has 2 aliphatic heterocycles. The molecule has 0 bridgehead atoms. The Kier molecular flexibility index (Phi) is 5.42. The molecular weight excluding hydrogens is 327 g/mol.